The summed E-state index contributed by atoms with van der Waals surface area (Å²) in [6, 6.07) is 2.45. The molecule has 108 valence electrons. The maximum atomic E-state index is 12.4. The van der Waals surface area contributed by atoms with Crippen molar-refractivity contribution in [3.8, 4) is 0 Å². The molecule has 0 unspecified atom stereocenters. The molecule has 0 aromatic heterocycles. The summed E-state index contributed by atoms with van der Waals surface area (Å²) < 4.78 is 25.5. The van der Waals surface area contributed by atoms with Gasteiger partial charge in [-0.1, -0.05) is 23.2 Å². The van der Waals surface area contributed by atoms with Crippen LogP contribution in [0.1, 0.15) is 0 Å². The lowest BCUT2D eigenvalue weighted by molar-refractivity contribution is -0.134. The van der Waals surface area contributed by atoms with Gasteiger partial charge in [0, 0.05) is 5.02 Å². The van der Waals surface area contributed by atoms with Crippen LogP contribution in [0.15, 0.2) is 17.0 Å². The van der Waals surface area contributed by atoms with E-state index in [9.17, 15) is 18.0 Å². The van der Waals surface area contributed by atoms with E-state index in [1.54, 1.807) is 0 Å². The zero-order chi connectivity index (χ0) is 15.1. The summed E-state index contributed by atoms with van der Waals surface area (Å²) in [5.74, 6) is -1.43. The van der Waals surface area contributed by atoms with Crippen LogP contribution in [0.4, 0.5) is 5.69 Å². The molecule has 0 saturated carbocycles. The first-order valence-corrected chi connectivity index (χ1v) is 7.49. The van der Waals surface area contributed by atoms with Crippen molar-refractivity contribution in [2.45, 2.75) is 4.90 Å². The van der Waals surface area contributed by atoms with Crippen molar-refractivity contribution in [1.29, 1.82) is 0 Å². The number of benzene rings is 1. The Balaban J connectivity index is 2.51. The number of nitrogens with two attached hydrogens (primary N) is 1. The predicted molar refractivity (Wildman–Crippen MR) is 72.8 cm³/mol. The third kappa shape index (κ3) is 2.73. The van der Waals surface area contributed by atoms with Crippen LogP contribution in [-0.2, 0) is 19.6 Å². The van der Waals surface area contributed by atoms with Gasteiger partial charge in [0.1, 0.15) is 4.90 Å². The minimum atomic E-state index is -4.17. The molecule has 1 saturated heterocycles. The first-order chi connectivity index (χ1) is 9.21. The van der Waals surface area contributed by atoms with Gasteiger partial charge in [-0.3, -0.25) is 14.9 Å². The molecule has 3 N–H and O–H groups in total. The number of anilines is 1. The molecule has 1 heterocycles. The fraction of sp³-hybridized carbons (Fsp3) is 0.200. The Bertz CT molecular complexity index is 665. The summed E-state index contributed by atoms with van der Waals surface area (Å²) in [7, 11) is -4.17. The van der Waals surface area contributed by atoms with E-state index >= 15 is 0 Å². The molecule has 0 atom stereocenters. The molecule has 0 radical (unpaired) electrons. The Hall–Kier alpha value is -1.35. The number of imide groups is 1. The van der Waals surface area contributed by atoms with Gasteiger partial charge in [0.05, 0.1) is 23.8 Å². The first-order valence-electron chi connectivity index (χ1n) is 5.29. The fourth-order valence-corrected chi connectivity index (χ4v) is 4.06. The van der Waals surface area contributed by atoms with Crippen molar-refractivity contribution >= 4 is 50.7 Å². The number of amides is 2. The number of halogens is 2. The van der Waals surface area contributed by atoms with Crippen LogP contribution in [0.5, 0.6) is 0 Å². The molecule has 2 amide bonds. The number of carbonyl (C=O) groups excluding carboxylic acids is 2. The molecule has 0 aliphatic carbocycles. The highest BCUT2D eigenvalue weighted by atomic mass is 35.5. The second kappa shape index (κ2) is 5.21. The van der Waals surface area contributed by atoms with Gasteiger partial charge in [0.2, 0.25) is 21.8 Å². The molecule has 1 aromatic rings. The maximum Gasteiger partial charge on any atom is 0.247 e. The molecule has 2 rings (SSSR count). The highest BCUT2D eigenvalue weighted by molar-refractivity contribution is 7.89. The van der Waals surface area contributed by atoms with E-state index in [-0.39, 0.29) is 20.6 Å². The molecule has 1 aliphatic rings. The number of nitrogen functional groups attached to an aromatic ring is 1. The Morgan fingerprint density at radius 2 is 1.70 bits per heavy atom. The predicted octanol–water partition coefficient (Wildman–Crippen LogP) is 0.223. The van der Waals surface area contributed by atoms with E-state index in [2.05, 4.69) is 0 Å². The SMILES string of the molecule is Nc1cc(Cl)cc(Cl)c1S(=O)(=O)N1CC(=O)NC(=O)C1. The van der Waals surface area contributed by atoms with E-state index in [0.29, 0.717) is 4.31 Å². The highest BCUT2D eigenvalue weighted by Crippen LogP contribution is 2.33. The fourth-order valence-electron chi connectivity index (χ4n) is 1.76. The van der Waals surface area contributed by atoms with E-state index in [0.717, 1.165) is 0 Å². The summed E-state index contributed by atoms with van der Waals surface area (Å²) in [6.45, 7) is -0.959. The number of carbonyl (C=O) groups is 2. The smallest absolute Gasteiger partial charge is 0.247 e. The van der Waals surface area contributed by atoms with Crippen LogP contribution in [0.2, 0.25) is 10.0 Å². The molecule has 20 heavy (non-hydrogen) atoms. The van der Waals surface area contributed by atoms with Gasteiger partial charge in [-0.25, -0.2) is 8.42 Å². The van der Waals surface area contributed by atoms with Crippen molar-refractivity contribution in [2.75, 3.05) is 18.8 Å². The first kappa shape index (κ1) is 15.0. The van der Waals surface area contributed by atoms with Gasteiger partial charge in [-0.2, -0.15) is 4.31 Å². The summed E-state index contributed by atoms with van der Waals surface area (Å²) in [5, 5.41) is 2.01. The lowest BCUT2D eigenvalue weighted by Crippen LogP contribution is -2.53. The third-order valence-corrected chi connectivity index (χ3v) is 5.09. The molecule has 1 aliphatic heterocycles. The summed E-state index contributed by atoms with van der Waals surface area (Å²) >= 11 is 11.6. The quantitative estimate of drug-likeness (QED) is 0.592. The van der Waals surface area contributed by atoms with Crippen molar-refractivity contribution in [3.63, 3.8) is 0 Å². The lowest BCUT2D eigenvalue weighted by Gasteiger charge is -2.25. The minimum Gasteiger partial charge on any atom is -0.398 e. The molecule has 0 bridgehead atoms. The number of hydrogen-bond acceptors (Lipinski definition) is 5. The van der Waals surface area contributed by atoms with Crippen LogP contribution < -0.4 is 11.1 Å². The Morgan fingerprint density at radius 1 is 1.15 bits per heavy atom. The number of hydrogen-bond donors (Lipinski definition) is 2. The zero-order valence-electron chi connectivity index (χ0n) is 9.89. The Kier molecular flexibility index (Phi) is 3.92. The molecule has 1 fully saturated rings. The van der Waals surface area contributed by atoms with Crippen LogP contribution in [0, 0.1) is 0 Å². The van der Waals surface area contributed by atoms with Gasteiger partial charge in [-0.05, 0) is 12.1 Å². The van der Waals surface area contributed by atoms with Gasteiger partial charge in [0.25, 0.3) is 0 Å². The van der Waals surface area contributed by atoms with E-state index in [1.165, 1.54) is 12.1 Å². The van der Waals surface area contributed by atoms with Crippen LogP contribution >= 0.6 is 23.2 Å². The number of nitrogens with zero attached hydrogens (tertiary/aromatic N) is 1. The average molecular weight is 338 g/mol. The van der Waals surface area contributed by atoms with Gasteiger partial charge < -0.3 is 5.73 Å². The van der Waals surface area contributed by atoms with Gasteiger partial charge in [0.15, 0.2) is 0 Å². The van der Waals surface area contributed by atoms with Crippen LogP contribution in [0.25, 0.3) is 0 Å². The zero-order valence-corrected chi connectivity index (χ0v) is 12.2. The van der Waals surface area contributed by atoms with Crippen LogP contribution in [-0.4, -0.2) is 37.6 Å². The Morgan fingerprint density at radius 3 is 2.20 bits per heavy atom. The van der Waals surface area contributed by atoms with E-state index < -0.39 is 34.9 Å². The summed E-state index contributed by atoms with van der Waals surface area (Å²) in [6.07, 6.45) is 0. The van der Waals surface area contributed by atoms with E-state index in [1.807, 2.05) is 5.32 Å². The topological polar surface area (TPSA) is 110 Å². The standard InChI is InChI=1S/C10H9Cl2N3O4S/c11-5-1-6(12)10(7(13)2-5)20(18,19)15-3-8(16)14-9(17)4-15/h1-2H,3-4,13H2,(H,14,16,17). The minimum absolute atomic E-state index is 0.152. The summed E-state index contributed by atoms with van der Waals surface area (Å²) in [4.78, 5) is 22.2. The second-order valence-electron chi connectivity index (χ2n) is 4.05. The number of rotatable bonds is 2. The largest absolute Gasteiger partial charge is 0.398 e. The molecule has 7 nitrogen and oxygen atoms in total. The molecule has 1 aromatic carbocycles. The summed E-state index contributed by atoms with van der Waals surface area (Å²) in [5.41, 5.74) is 5.47. The van der Waals surface area contributed by atoms with E-state index in [4.69, 9.17) is 28.9 Å². The van der Waals surface area contributed by atoms with Crippen molar-refractivity contribution in [1.82, 2.24) is 9.62 Å². The normalized spacial score (nSPS) is 17.1. The van der Waals surface area contributed by atoms with Crippen molar-refractivity contribution < 1.29 is 18.0 Å². The number of sulfonamides is 1. The number of piperazine rings is 1. The molecular formula is C10H9Cl2N3O4S. The maximum absolute atomic E-state index is 12.4. The average Bonchev–Trinajstić information content (AvgIpc) is 2.25. The molecule has 0 spiro atoms. The monoisotopic (exact) mass is 337 g/mol. The van der Waals surface area contributed by atoms with Crippen molar-refractivity contribution in [2.24, 2.45) is 0 Å². The second-order valence-corrected chi connectivity index (χ2v) is 6.77. The number of nitrogens with one attached hydrogen (secondary N) is 1. The highest BCUT2D eigenvalue weighted by Gasteiger charge is 2.35. The molecular weight excluding hydrogens is 329 g/mol. The van der Waals surface area contributed by atoms with Gasteiger partial charge in [-0.15, -0.1) is 0 Å². The van der Waals surface area contributed by atoms with Crippen molar-refractivity contribution in [3.05, 3.63) is 22.2 Å². The Labute approximate surface area is 124 Å². The van der Waals surface area contributed by atoms with Gasteiger partial charge >= 0.3 is 0 Å². The molecule has 10 heteroatoms. The third-order valence-electron chi connectivity index (χ3n) is 2.55. The lowest BCUT2D eigenvalue weighted by atomic mass is 10.3. The van der Waals surface area contributed by atoms with Crippen LogP contribution in [0.3, 0.4) is 0 Å².